The molecule has 0 radical (unpaired) electrons. The second-order valence-corrected chi connectivity index (χ2v) is 17.0. The average molecular weight is 782 g/mol. The maximum atomic E-state index is 12.8. The maximum absolute atomic E-state index is 12.8. The molecule has 0 spiro atoms. The second-order valence-electron chi connectivity index (χ2n) is 15.5. The Kier molecular flexibility index (Phi) is 34.4. The lowest BCUT2D eigenvalue weighted by atomic mass is 10.0. The van der Waals surface area contributed by atoms with Crippen LogP contribution in [0.4, 0.5) is 0 Å². The number of nitrogens with zero attached hydrogens (tertiary/aromatic N) is 1. The number of hydrogen-bond acceptors (Lipinski definition) is 6. The summed E-state index contributed by atoms with van der Waals surface area (Å²) in [6.45, 7) is 4.58. The molecule has 54 heavy (non-hydrogen) atoms. The standard InChI is InChI=1S/C44H81N2O7P/c1-6-8-10-11-12-13-14-15-16-20-23-26-29-32-36-43(48)42(40-53-54(50,51)52-39-38-46(3,4)5)45-44(49)37-33-30-27-24-21-18-17-19-22-25-28-31-35-41(47)34-9-7-2/h17-18,22,24-25,27,31-32,35-36,41-43,47-48H,6-16,19-21,23,26,28-30,33-34,37-40H2,1-5H3,(H-,45,49,50,51)/p+1/b18-17-,25-22-,27-24-,35-31-,36-32+/t41-,42+,43-/m1/s1. The molecule has 0 rings (SSSR count). The third-order valence-corrected chi connectivity index (χ3v) is 10.0. The zero-order chi connectivity index (χ0) is 40.2. The molecular weight excluding hydrogens is 699 g/mol. The van der Waals surface area contributed by atoms with E-state index < -0.39 is 20.0 Å². The van der Waals surface area contributed by atoms with E-state index in [9.17, 15) is 24.5 Å². The fourth-order valence-electron chi connectivity index (χ4n) is 5.58. The van der Waals surface area contributed by atoms with E-state index in [0.717, 1.165) is 64.2 Å². The van der Waals surface area contributed by atoms with Gasteiger partial charge in [-0.3, -0.25) is 13.8 Å². The Balaban J connectivity index is 4.62. The van der Waals surface area contributed by atoms with Crippen molar-refractivity contribution in [2.24, 2.45) is 0 Å². The first kappa shape index (κ1) is 52.2. The lowest BCUT2D eigenvalue weighted by Crippen LogP contribution is -2.45. The lowest BCUT2D eigenvalue weighted by molar-refractivity contribution is -0.870. The molecule has 0 aliphatic rings. The van der Waals surface area contributed by atoms with E-state index in [2.05, 4.69) is 55.6 Å². The van der Waals surface area contributed by atoms with Gasteiger partial charge in [-0.25, -0.2) is 4.57 Å². The molecule has 0 heterocycles. The number of unbranched alkanes of at least 4 members (excludes halogenated alkanes) is 14. The molecule has 314 valence electrons. The number of likely N-dealkylation sites (N-methyl/N-ethyl adjacent to an activating group) is 1. The Morgan fingerprint density at radius 2 is 1.19 bits per heavy atom. The van der Waals surface area contributed by atoms with Gasteiger partial charge in [0.25, 0.3) is 0 Å². The van der Waals surface area contributed by atoms with Gasteiger partial charge in [0.2, 0.25) is 5.91 Å². The summed E-state index contributed by atoms with van der Waals surface area (Å²) in [5, 5.41) is 23.6. The zero-order valence-corrected chi connectivity index (χ0v) is 35.9. The molecule has 0 aromatic carbocycles. The molecule has 1 unspecified atom stereocenters. The van der Waals surface area contributed by atoms with Crippen molar-refractivity contribution in [1.82, 2.24) is 5.32 Å². The number of hydrogen-bond donors (Lipinski definition) is 4. The highest BCUT2D eigenvalue weighted by Crippen LogP contribution is 2.43. The van der Waals surface area contributed by atoms with Crippen LogP contribution in [0.2, 0.25) is 0 Å². The number of phosphoric ester groups is 1. The SMILES string of the molecule is CCCCCCCCCCCCCC/C=C/[C@@H](O)[C@H](COP(=O)(O)OCC[N+](C)(C)C)NC(=O)CCC/C=C\C/C=C\C/C=C\C/C=C\[C@H](O)CCCC. The highest BCUT2D eigenvalue weighted by Gasteiger charge is 2.27. The van der Waals surface area contributed by atoms with Crippen LogP contribution in [0.15, 0.2) is 60.8 Å². The van der Waals surface area contributed by atoms with Gasteiger partial charge in [0.05, 0.1) is 46.0 Å². The lowest BCUT2D eigenvalue weighted by Gasteiger charge is -2.25. The largest absolute Gasteiger partial charge is 0.472 e. The Morgan fingerprint density at radius 1 is 0.667 bits per heavy atom. The Morgan fingerprint density at radius 3 is 1.76 bits per heavy atom. The number of amides is 1. The van der Waals surface area contributed by atoms with Crippen molar-refractivity contribution in [1.29, 1.82) is 0 Å². The highest BCUT2D eigenvalue weighted by molar-refractivity contribution is 7.47. The van der Waals surface area contributed by atoms with Crippen LogP contribution in [-0.4, -0.2) is 84.6 Å². The van der Waals surface area contributed by atoms with Gasteiger partial charge in [0, 0.05) is 6.42 Å². The molecule has 0 aliphatic carbocycles. The number of rotatable bonds is 37. The van der Waals surface area contributed by atoms with Crippen LogP contribution in [0.3, 0.4) is 0 Å². The third-order valence-electron chi connectivity index (χ3n) is 9.05. The summed E-state index contributed by atoms with van der Waals surface area (Å²) in [5.41, 5.74) is 0. The molecule has 0 bridgehead atoms. The van der Waals surface area contributed by atoms with Crippen LogP contribution < -0.4 is 5.32 Å². The molecule has 0 saturated carbocycles. The Labute approximate surface area is 331 Å². The molecule has 0 aliphatic heterocycles. The average Bonchev–Trinajstić information content (AvgIpc) is 3.11. The highest BCUT2D eigenvalue weighted by atomic mass is 31.2. The first-order valence-electron chi connectivity index (χ1n) is 21.3. The summed E-state index contributed by atoms with van der Waals surface area (Å²) in [5.74, 6) is -0.249. The number of carbonyl (C=O) groups excluding carboxylic acids is 1. The van der Waals surface area contributed by atoms with Crippen molar-refractivity contribution >= 4 is 13.7 Å². The molecule has 0 saturated heterocycles. The van der Waals surface area contributed by atoms with Crippen molar-refractivity contribution in [2.75, 3.05) is 40.9 Å². The van der Waals surface area contributed by atoms with Crippen molar-refractivity contribution in [3.8, 4) is 0 Å². The van der Waals surface area contributed by atoms with E-state index in [1.54, 1.807) is 6.08 Å². The van der Waals surface area contributed by atoms with Crippen molar-refractivity contribution in [2.45, 2.75) is 173 Å². The van der Waals surface area contributed by atoms with E-state index in [4.69, 9.17) is 9.05 Å². The van der Waals surface area contributed by atoms with Crippen molar-refractivity contribution < 1.29 is 38.0 Å². The van der Waals surface area contributed by atoms with Gasteiger partial charge >= 0.3 is 7.82 Å². The quantitative estimate of drug-likeness (QED) is 0.0214. The Hall–Kier alpha value is -1.84. The van der Waals surface area contributed by atoms with Crippen molar-refractivity contribution in [3.63, 3.8) is 0 Å². The van der Waals surface area contributed by atoms with Crippen LogP contribution in [-0.2, 0) is 18.4 Å². The topological polar surface area (TPSA) is 125 Å². The maximum Gasteiger partial charge on any atom is 0.472 e. The Bertz CT molecular complexity index is 1080. The summed E-state index contributed by atoms with van der Waals surface area (Å²) in [6.07, 6.45) is 42.0. The fourth-order valence-corrected chi connectivity index (χ4v) is 6.32. The molecule has 0 fully saturated rings. The first-order chi connectivity index (χ1) is 25.9. The molecule has 1 amide bonds. The smallest absolute Gasteiger partial charge is 0.389 e. The third kappa shape index (κ3) is 37.1. The van der Waals surface area contributed by atoms with Crippen LogP contribution in [0.1, 0.15) is 155 Å². The predicted octanol–water partition coefficient (Wildman–Crippen LogP) is 10.4. The van der Waals surface area contributed by atoms with Gasteiger partial charge in [-0.15, -0.1) is 0 Å². The van der Waals surface area contributed by atoms with Crippen LogP contribution in [0.25, 0.3) is 0 Å². The summed E-state index contributed by atoms with van der Waals surface area (Å²) in [6, 6.07) is -0.888. The first-order valence-corrected chi connectivity index (χ1v) is 22.8. The molecule has 0 aromatic heterocycles. The minimum absolute atomic E-state index is 0.0414. The molecular formula is C44H82N2O7P+. The molecule has 10 heteroatoms. The van der Waals surface area contributed by atoms with Gasteiger partial charge in [0.15, 0.2) is 0 Å². The van der Waals surface area contributed by atoms with Gasteiger partial charge < -0.3 is 24.9 Å². The predicted molar refractivity (Wildman–Crippen MR) is 227 cm³/mol. The minimum Gasteiger partial charge on any atom is -0.389 e. The number of nitrogens with one attached hydrogen (secondary N) is 1. The summed E-state index contributed by atoms with van der Waals surface area (Å²) >= 11 is 0. The summed E-state index contributed by atoms with van der Waals surface area (Å²) in [4.78, 5) is 23.0. The molecule has 4 N–H and O–H groups in total. The monoisotopic (exact) mass is 782 g/mol. The van der Waals surface area contributed by atoms with E-state index in [-0.39, 0.29) is 31.6 Å². The molecule has 4 atom stereocenters. The van der Waals surface area contributed by atoms with Gasteiger partial charge in [-0.2, -0.15) is 0 Å². The number of phosphoric acid groups is 1. The van der Waals surface area contributed by atoms with Crippen LogP contribution >= 0.6 is 7.82 Å². The fraction of sp³-hybridized carbons (Fsp3) is 0.750. The summed E-state index contributed by atoms with van der Waals surface area (Å²) < 4.78 is 23.5. The van der Waals surface area contributed by atoms with E-state index in [1.807, 2.05) is 39.4 Å². The molecule has 0 aromatic rings. The summed E-state index contributed by atoms with van der Waals surface area (Å²) in [7, 11) is 1.50. The van der Waals surface area contributed by atoms with Gasteiger partial charge in [-0.1, -0.05) is 158 Å². The number of aliphatic hydroxyl groups is 2. The normalized spacial score (nSPS) is 15.6. The van der Waals surface area contributed by atoms with Crippen LogP contribution in [0, 0.1) is 0 Å². The van der Waals surface area contributed by atoms with Crippen molar-refractivity contribution in [3.05, 3.63) is 60.8 Å². The van der Waals surface area contributed by atoms with E-state index in [1.165, 1.54) is 64.2 Å². The second kappa shape index (κ2) is 35.6. The molecule has 9 nitrogen and oxygen atoms in total. The number of quaternary nitrogens is 1. The minimum atomic E-state index is -4.36. The van der Waals surface area contributed by atoms with Crippen LogP contribution in [0.5, 0.6) is 0 Å². The number of allylic oxidation sites excluding steroid dienone is 8. The number of aliphatic hydroxyl groups excluding tert-OH is 2. The van der Waals surface area contributed by atoms with Gasteiger partial charge in [-0.05, 0) is 51.4 Å². The van der Waals surface area contributed by atoms with Gasteiger partial charge in [0.1, 0.15) is 13.2 Å². The van der Waals surface area contributed by atoms with E-state index >= 15 is 0 Å². The number of carbonyl (C=O) groups is 1. The zero-order valence-electron chi connectivity index (χ0n) is 35.1. The van der Waals surface area contributed by atoms with E-state index in [0.29, 0.717) is 17.4 Å².